The van der Waals surface area contributed by atoms with Crippen LogP contribution in [-0.2, 0) is 32.6 Å². The fourth-order valence-electron chi connectivity index (χ4n) is 4.77. The first-order valence-electron chi connectivity index (χ1n) is 14.3. The number of carbonyl (C=O) groups excluding carboxylic acids is 2. The Bertz CT molecular complexity index is 1750. The molecule has 0 fully saturated rings. The summed E-state index contributed by atoms with van der Waals surface area (Å²) in [6.45, 7) is 4.82. The predicted octanol–water partition coefficient (Wildman–Crippen LogP) is 7.32. The fourth-order valence-corrected chi connectivity index (χ4v) is 6.82. The van der Waals surface area contributed by atoms with E-state index in [1.807, 2.05) is 51.1 Å². The normalized spacial score (nSPS) is 12.1. The van der Waals surface area contributed by atoms with Gasteiger partial charge >= 0.3 is 0 Å². The maximum absolute atomic E-state index is 14.5. The number of carbonyl (C=O) groups is 2. The van der Waals surface area contributed by atoms with E-state index in [0.717, 1.165) is 15.4 Å². The highest BCUT2D eigenvalue weighted by atomic mass is 35.5. The molecule has 0 saturated carbocycles. The van der Waals surface area contributed by atoms with Gasteiger partial charge in [0.25, 0.3) is 10.0 Å². The lowest BCUT2D eigenvalue weighted by molar-refractivity contribution is -0.140. The molecule has 2 amide bonds. The monoisotopic (exact) mass is 685 g/mol. The highest BCUT2D eigenvalue weighted by molar-refractivity contribution is 7.92. The molecule has 0 unspecified atom stereocenters. The minimum absolute atomic E-state index is 0.00607. The second-order valence-corrected chi connectivity index (χ2v) is 14.1. The van der Waals surface area contributed by atoms with Crippen LogP contribution in [0.25, 0.3) is 0 Å². The van der Waals surface area contributed by atoms with Crippen molar-refractivity contribution in [2.75, 3.05) is 10.8 Å². The summed E-state index contributed by atoms with van der Waals surface area (Å²) >= 11 is 19.0. The number of rotatable bonds is 12. The average molecular weight is 687 g/mol. The van der Waals surface area contributed by atoms with Crippen molar-refractivity contribution in [3.8, 4) is 0 Å². The van der Waals surface area contributed by atoms with Crippen LogP contribution in [-0.4, -0.2) is 43.8 Å². The van der Waals surface area contributed by atoms with Gasteiger partial charge in [-0.1, -0.05) is 95.0 Å². The summed E-state index contributed by atoms with van der Waals surface area (Å²) in [5, 5.41) is 3.94. The van der Waals surface area contributed by atoms with E-state index in [-0.39, 0.29) is 35.5 Å². The van der Waals surface area contributed by atoms with Crippen LogP contribution >= 0.6 is 34.8 Å². The largest absolute Gasteiger partial charge is 0.352 e. The number of benzene rings is 4. The Labute approximate surface area is 279 Å². The van der Waals surface area contributed by atoms with Gasteiger partial charge in [-0.05, 0) is 74.4 Å². The van der Waals surface area contributed by atoms with E-state index in [4.69, 9.17) is 34.8 Å². The molecule has 0 radical (unpaired) electrons. The molecule has 4 rings (SSSR count). The first-order valence-corrected chi connectivity index (χ1v) is 16.8. The van der Waals surface area contributed by atoms with E-state index >= 15 is 0 Å². The molecule has 0 bridgehead atoms. The molecular formula is C34H34Cl3N3O4S. The Hall–Kier alpha value is -3.56. The molecule has 236 valence electrons. The van der Waals surface area contributed by atoms with Crippen molar-refractivity contribution < 1.29 is 18.0 Å². The van der Waals surface area contributed by atoms with E-state index in [2.05, 4.69) is 5.32 Å². The minimum atomic E-state index is -4.24. The molecule has 0 aromatic heterocycles. The van der Waals surface area contributed by atoms with Crippen molar-refractivity contribution in [2.45, 2.75) is 50.7 Å². The lowest BCUT2D eigenvalue weighted by Crippen LogP contribution is -2.54. The van der Waals surface area contributed by atoms with E-state index < -0.39 is 28.5 Å². The summed E-state index contributed by atoms with van der Waals surface area (Å²) in [5.74, 6) is -1.00. The lowest BCUT2D eigenvalue weighted by atomic mass is 10.0. The van der Waals surface area contributed by atoms with Crippen molar-refractivity contribution in [3.05, 3.63) is 129 Å². The smallest absolute Gasteiger partial charge is 0.264 e. The molecule has 4 aromatic rings. The number of aryl methyl sites for hydroxylation is 1. The summed E-state index contributed by atoms with van der Waals surface area (Å²) in [7, 11) is -4.24. The molecule has 4 aromatic carbocycles. The number of nitrogens with zero attached hydrogens (tertiary/aromatic N) is 2. The molecule has 0 spiro atoms. The van der Waals surface area contributed by atoms with Gasteiger partial charge in [0.15, 0.2) is 0 Å². The third-order valence-electron chi connectivity index (χ3n) is 7.04. The molecule has 0 aliphatic carbocycles. The van der Waals surface area contributed by atoms with Gasteiger partial charge in [0.05, 0.1) is 10.6 Å². The highest BCUT2D eigenvalue weighted by Crippen LogP contribution is 2.28. The zero-order valence-corrected chi connectivity index (χ0v) is 28.2. The Morgan fingerprint density at radius 2 is 1.49 bits per heavy atom. The van der Waals surface area contributed by atoms with E-state index in [9.17, 15) is 18.0 Å². The van der Waals surface area contributed by atoms with Crippen molar-refractivity contribution in [2.24, 2.45) is 0 Å². The number of hydrogen-bond donors (Lipinski definition) is 1. The van der Waals surface area contributed by atoms with Crippen LogP contribution in [0.15, 0.2) is 102 Å². The number of halogens is 3. The molecule has 1 N–H and O–H groups in total. The van der Waals surface area contributed by atoms with E-state index in [0.29, 0.717) is 20.6 Å². The zero-order valence-electron chi connectivity index (χ0n) is 25.1. The van der Waals surface area contributed by atoms with Gasteiger partial charge in [-0.2, -0.15) is 0 Å². The van der Waals surface area contributed by atoms with Crippen LogP contribution < -0.4 is 9.62 Å². The van der Waals surface area contributed by atoms with Crippen molar-refractivity contribution >= 4 is 62.3 Å². The number of anilines is 1. The predicted molar refractivity (Wildman–Crippen MR) is 181 cm³/mol. The van der Waals surface area contributed by atoms with E-state index in [1.165, 1.54) is 23.1 Å². The summed E-state index contributed by atoms with van der Waals surface area (Å²) in [5.41, 5.74) is 2.44. The van der Waals surface area contributed by atoms with Crippen molar-refractivity contribution in [3.63, 3.8) is 0 Å². The quantitative estimate of drug-likeness (QED) is 0.169. The Morgan fingerprint density at radius 3 is 2.11 bits per heavy atom. The van der Waals surface area contributed by atoms with Gasteiger partial charge in [-0.15, -0.1) is 0 Å². The number of sulfonamides is 1. The number of hydrogen-bond acceptors (Lipinski definition) is 4. The SMILES string of the molecule is Cc1ccc(S(=O)(=O)N(CC(=O)N(Cc2ccc(Cl)cc2Cl)[C@@H](Cc2ccccc2)C(=O)NC(C)C)c2cccc(Cl)c2)cc1. The topological polar surface area (TPSA) is 86.8 Å². The first-order chi connectivity index (χ1) is 21.3. The maximum atomic E-state index is 14.5. The first kappa shape index (κ1) is 34.3. The Balaban J connectivity index is 1.83. The summed E-state index contributed by atoms with van der Waals surface area (Å²) in [4.78, 5) is 29.6. The van der Waals surface area contributed by atoms with Gasteiger partial charge in [-0.25, -0.2) is 8.42 Å². The molecule has 7 nitrogen and oxygen atoms in total. The molecule has 45 heavy (non-hydrogen) atoms. The third-order valence-corrected chi connectivity index (χ3v) is 9.65. The molecule has 0 aliphatic heterocycles. The van der Waals surface area contributed by atoms with Crippen LogP contribution in [0.5, 0.6) is 0 Å². The summed E-state index contributed by atoms with van der Waals surface area (Å²) < 4.78 is 29.2. The number of nitrogens with one attached hydrogen (secondary N) is 1. The molecular weight excluding hydrogens is 653 g/mol. The van der Waals surface area contributed by atoms with E-state index in [1.54, 1.807) is 48.5 Å². The maximum Gasteiger partial charge on any atom is 0.264 e. The minimum Gasteiger partial charge on any atom is -0.352 e. The van der Waals surface area contributed by atoms with Gasteiger partial charge in [0, 0.05) is 34.1 Å². The van der Waals surface area contributed by atoms with Crippen molar-refractivity contribution in [1.29, 1.82) is 0 Å². The Morgan fingerprint density at radius 1 is 0.822 bits per heavy atom. The van der Waals surface area contributed by atoms with Crippen molar-refractivity contribution in [1.82, 2.24) is 10.2 Å². The van der Waals surface area contributed by atoms with Crippen LogP contribution in [0, 0.1) is 6.92 Å². The average Bonchev–Trinajstić information content (AvgIpc) is 2.98. The van der Waals surface area contributed by atoms with Gasteiger partial charge < -0.3 is 10.2 Å². The van der Waals surface area contributed by atoms with Gasteiger partial charge in [0.2, 0.25) is 11.8 Å². The lowest BCUT2D eigenvalue weighted by Gasteiger charge is -2.34. The summed E-state index contributed by atoms with van der Waals surface area (Å²) in [6.07, 6.45) is 0.179. The zero-order chi connectivity index (χ0) is 32.7. The molecule has 0 aliphatic rings. The van der Waals surface area contributed by atoms with Crippen LogP contribution in [0.3, 0.4) is 0 Å². The van der Waals surface area contributed by atoms with Crippen LogP contribution in [0.2, 0.25) is 15.1 Å². The second kappa shape index (κ2) is 15.1. The van der Waals surface area contributed by atoms with Gasteiger partial charge in [0.1, 0.15) is 12.6 Å². The molecule has 0 saturated heterocycles. The fraction of sp³-hybridized carbons (Fsp3) is 0.235. The standard InChI is InChI=1S/C34H34Cl3N3O4S/c1-23(2)38-34(42)32(18-25-8-5-4-6-9-25)39(21-26-14-15-28(36)20-31(26)37)33(41)22-40(29-11-7-10-27(35)19-29)45(43,44)30-16-12-24(3)13-17-30/h4-17,19-20,23,32H,18,21-22H2,1-3H3,(H,38,42)/t32-/m0/s1. The highest BCUT2D eigenvalue weighted by Gasteiger charge is 2.35. The Kier molecular flexibility index (Phi) is 11.6. The molecule has 1 atom stereocenters. The molecule has 0 heterocycles. The number of amides is 2. The third kappa shape index (κ3) is 9.01. The van der Waals surface area contributed by atoms with Crippen LogP contribution in [0.1, 0.15) is 30.5 Å². The summed E-state index contributed by atoms with van der Waals surface area (Å²) in [6, 6.07) is 25.6. The molecule has 11 heteroatoms. The second-order valence-electron chi connectivity index (χ2n) is 10.9. The van der Waals surface area contributed by atoms with Crippen LogP contribution in [0.4, 0.5) is 5.69 Å². The van der Waals surface area contributed by atoms with Gasteiger partial charge in [-0.3, -0.25) is 13.9 Å².